The topological polar surface area (TPSA) is 67.2 Å². The van der Waals surface area contributed by atoms with Crippen LogP contribution in [0.4, 0.5) is 0 Å². The molecule has 1 aromatic rings. The Kier molecular flexibility index (Phi) is 3.70. The molecular weight excluding hydrogens is 206 g/mol. The number of hydrogen-bond donors (Lipinski definition) is 2. The zero-order chi connectivity index (χ0) is 12.3. The fraction of sp³-hybridized carbons (Fsp3) is 0.636. The number of nitrogens with zero attached hydrogens (tertiary/aromatic N) is 2. The number of aryl methyl sites for hydroxylation is 1. The molecule has 0 saturated carbocycles. The highest BCUT2D eigenvalue weighted by Crippen LogP contribution is 2.14. The number of aliphatic hydroxyl groups is 1. The van der Waals surface area contributed by atoms with Gasteiger partial charge in [-0.1, -0.05) is 13.8 Å². The fourth-order valence-electron chi connectivity index (χ4n) is 1.10. The summed E-state index contributed by atoms with van der Waals surface area (Å²) in [5, 5.41) is 16.6. The molecule has 1 atom stereocenters. The second-order valence-corrected chi connectivity index (χ2v) is 4.60. The number of rotatable bonds is 4. The molecule has 5 heteroatoms. The summed E-state index contributed by atoms with van der Waals surface area (Å²) in [6.45, 7) is 5.77. The van der Waals surface area contributed by atoms with Gasteiger partial charge in [0.2, 0.25) is 0 Å². The molecule has 0 saturated heterocycles. The first-order valence-electron chi connectivity index (χ1n) is 5.32. The molecular formula is C11H19N3O2. The smallest absolute Gasteiger partial charge is 0.254 e. The number of carbonyl (C=O) groups excluding carboxylic acids is 1. The van der Waals surface area contributed by atoms with Crippen molar-refractivity contribution in [1.29, 1.82) is 0 Å². The first kappa shape index (κ1) is 12.7. The third-order valence-corrected chi connectivity index (χ3v) is 2.82. The van der Waals surface area contributed by atoms with E-state index < -0.39 is 5.60 Å². The zero-order valence-corrected chi connectivity index (χ0v) is 10.2. The molecule has 0 aliphatic heterocycles. The van der Waals surface area contributed by atoms with Gasteiger partial charge in [0.05, 0.1) is 17.4 Å². The first-order chi connectivity index (χ1) is 7.33. The van der Waals surface area contributed by atoms with Crippen LogP contribution in [0.15, 0.2) is 12.4 Å². The van der Waals surface area contributed by atoms with Crippen LogP contribution in [-0.4, -0.2) is 32.9 Å². The van der Waals surface area contributed by atoms with Crippen LogP contribution >= 0.6 is 0 Å². The average Bonchev–Trinajstić information content (AvgIpc) is 2.61. The zero-order valence-electron chi connectivity index (χ0n) is 10.2. The van der Waals surface area contributed by atoms with E-state index in [2.05, 4.69) is 10.4 Å². The van der Waals surface area contributed by atoms with Crippen molar-refractivity contribution in [3.63, 3.8) is 0 Å². The molecule has 0 radical (unpaired) electrons. The van der Waals surface area contributed by atoms with Crippen LogP contribution in [-0.2, 0) is 7.05 Å². The molecule has 0 aliphatic rings. The van der Waals surface area contributed by atoms with Crippen LogP contribution in [0, 0.1) is 5.92 Å². The largest absolute Gasteiger partial charge is 0.388 e. The minimum atomic E-state index is -0.891. The predicted octanol–water partition coefficient (Wildman–Crippen LogP) is 0.557. The third kappa shape index (κ3) is 3.06. The lowest BCUT2D eigenvalue weighted by Crippen LogP contribution is -2.44. The van der Waals surface area contributed by atoms with Crippen molar-refractivity contribution >= 4 is 5.91 Å². The molecule has 16 heavy (non-hydrogen) atoms. The summed E-state index contributed by atoms with van der Waals surface area (Å²) in [5.74, 6) is -0.129. The van der Waals surface area contributed by atoms with E-state index in [1.54, 1.807) is 24.9 Å². The van der Waals surface area contributed by atoms with E-state index >= 15 is 0 Å². The van der Waals surface area contributed by atoms with E-state index in [9.17, 15) is 9.90 Å². The van der Waals surface area contributed by atoms with Gasteiger partial charge in [-0.3, -0.25) is 9.48 Å². The van der Waals surface area contributed by atoms with Gasteiger partial charge in [0, 0.05) is 19.8 Å². The predicted molar refractivity (Wildman–Crippen MR) is 61.0 cm³/mol. The number of carbonyl (C=O) groups is 1. The van der Waals surface area contributed by atoms with Crippen molar-refractivity contribution < 1.29 is 9.90 Å². The van der Waals surface area contributed by atoms with Crippen molar-refractivity contribution in [2.24, 2.45) is 13.0 Å². The van der Waals surface area contributed by atoms with E-state index in [-0.39, 0.29) is 18.4 Å². The van der Waals surface area contributed by atoms with Gasteiger partial charge in [0.1, 0.15) is 0 Å². The van der Waals surface area contributed by atoms with Gasteiger partial charge in [-0.15, -0.1) is 0 Å². The summed E-state index contributed by atoms with van der Waals surface area (Å²) in [6, 6.07) is 0. The van der Waals surface area contributed by atoms with Crippen LogP contribution in [0.3, 0.4) is 0 Å². The molecule has 0 bridgehead atoms. The van der Waals surface area contributed by atoms with E-state index in [1.807, 2.05) is 13.8 Å². The molecule has 1 amide bonds. The Labute approximate surface area is 95.5 Å². The Morgan fingerprint density at radius 3 is 2.75 bits per heavy atom. The van der Waals surface area contributed by atoms with Gasteiger partial charge in [-0.05, 0) is 12.8 Å². The third-order valence-electron chi connectivity index (χ3n) is 2.82. The summed E-state index contributed by atoms with van der Waals surface area (Å²) in [7, 11) is 1.75. The van der Waals surface area contributed by atoms with Gasteiger partial charge in [-0.2, -0.15) is 5.10 Å². The normalized spacial score (nSPS) is 14.9. The molecule has 5 nitrogen and oxygen atoms in total. The van der Waals surface area contributed by atoms with E-state index in [0.717, 1.165) is 0 Å². The second-order valence-electron chi connectivity index (χ2n) is 4.60. The van der Waals surface area contributed by atoms with Crippen molar-refractivity contribution in [2.45, 2.75) is 26.4 Å². The Morgan fingerprint density at radius 2 is 2.31 bits per heavy atom. The van der Waals surface area contributed by atoms with Gasteiger partial charge >= 0.3 is 0 Å². The summed E-state index contributed by atoms with van der Waals surface area (Å²) in [4.78, 5) is 11.7. The van der Waals surface area contributed by atoms with Crippen molar-refractivity contribution in [1.82, 2.24) is 15.1 Å². The molecule has 1 rings (SSSR count). The highest BCUT2D eigenvalue weighted by atomic mass is 16.3. The summed E-state index contributed by atoms with van der Waals surface area (Å²) in [6.07, 6.45) is 3.14. The summed E-state index contributed by atoms with van der Waals surface area (Å²) >= 11 is 0. The SMILES string of the molecule is CC(C)C(C)(O)CNC(=O)c1cnn(C)c1. The monoisotopic (exact) mass is 225 g/mol. The molecule has 2 N–H and O–H groups in total. The molecule has 0 aliphatic carbocycles. The van der Waals surface area contributed by atoms with E-state index in [0.29, 0.717) is 5.56 Å². The Hall–Kier alpha value is -1.36. The van der Waals surface area contributed by atoms with Crippen molar-refractivity contribution in [3.05, 3.63) is 18.0 Å². The maximum Gasteiger partial charge on any atom is 0.254 e. The lowest BCUT2D eigenvalue weighted by atomic mass is 9.92. The summed E-state index contributed by atoms with van der Waals surface area (Å²) < 4.78 is 1.56. The molecule has 0 fully saturated rings. The van der Waals surface area contributed by atoms with E-state index in [1.165, 1.54) is 6.20 Å². The average molecular weight is 225 g/mol. The maximum absolute atomic E-state index is 11.7. The molecule has 0 spiro atoms. The van der Waals surface area contributed by atoms with Crippen molar-refractivity contribution in [3.8, 4) is 0 Å². The number of amides is 1. The second kappa shape index (κ2) is 4.65. The van der Waals surface area contributed by atoms with Gasteiger partial charge in [0.15, 0.2) is 0 Å². The lowest BCUT2D eigenvalue weighted by Gasteiger charge is -2.27. The van der Waals surface area contributed by atoms with Crippen LogP contribution in [0.1, 0.15) is 31.1 Å². The van der Waals surface area contributed by atoms with Crippen molar-refractivity contribution in [2.75, 3.05) is 6.54 Å². The molecule has 1 heterocycles. The van der Waals surface area contributed by atoms with Gasteiger partial charge < -0.3 is 10.4 Å². The Morgan fingerprint density at radius 1 is 1.69 bits per heavy atom. The minimum Gasteiger partial charge on any atom is -0.388 e. The standard InChI is InChI=1S/C11H19N3O2/c1-8(2)11(3,16)7-12-10(15)9-5-13-14(4)6-9/h5-6,8,16H,7H2,1-4H3,(H,12,15). The quantitative estimate of drug-likeness (QED) is 0.786. The van der Waals surface area contributed by atoms with Gasteiger partial charge in [-0.25, -0.2) is 0 Å². The highest BCUT2D eigenvalue weighted by molar-refractivity contribution is 5.93. The molecule has 90 valence electrons. The summed E-state index contributed by atoms with van der Waals surface area (Å²) in [5.41, 5.74) is -0.389. The minimum absolute atomic E-state index is 0.0849. The Bertz CT molecular complexity index is 369. The van der Waals surface area contributed by atoms with E-state index in [4.69, 9.17) is 0 Å². The van der Waals surface area contributed by atoms with Crippen LogP contribution in [0.5, 0.6) is 0 Å². The highest BCUT2D eigenvalue weighted by Gasteiger charge is 2.25. The number of hydrogen-bond acceptors (Lipinski definition) is 3. The molecule has 0 aromatic carbocycles. The maximum atomic E-state index is 11.7. The fourth-order valence-corrected chi connectivity index (χ4v) is 1.10. The van der Waals surface area contributed by atoms with Crippen LogP contribution in [0.25, 0.3) is 0 Å². The molecule has 1 aromatic heterocycles. The van der Waals surface area contributed by atoms with Crippen LogP contribution < -0.4 is 5.32 Å². The van der Waals surface area contributed by atoms with Gasteiger partial charge in [0.25, 0.3) is 5.91 Å². The Balaban J connectivity index is 2.54. The first-order valence-corrected chi connectivity index (χ1v) is 5.32. The molecule has 1 unspecified atom stereocenters. The number of aromatic nitrogens is 2. The van der Waals surface area contributed by atoms with Crippen LogP contribution in [0.2, 0.25) is 0 Å². The number of nitrogens with one attached hydrogen (secondary N) is 1. The lowest BCUT2D eigenvalue weighted by molar-refractivity contribution is 0.0142.